The van der Waals surface area contributed by atoms with Gasteiger partial charge in [0.15, 0.2) is 0 Å². The van der Waals surface area contributed by atoms with Gasteiger partial charge >= 0.3 is 0 Å². The summed E-state index contributed by atoms with van der Waals surface area (Å²) in [6, 6.07) is -0.434. The molecule has 0 bridgehead atoms. The summed E-state index contributed by atoms with van der Waals surface area (Å²) in [5, 5.41) is 8.09. The molecule has 0 aromatic rings. The lowest BCUT2D eigenvalue weighted by Crippen LogP contribution is -2.32. The third-order valence-electron chi connectivity index (χ3n) is 5.07. The van der Waals surface area contributed by atoms with E-state index in [-0.39, 0.29) is 55.7 Å². The monoisotopic (exact) mass is 546 g/mol. The van der Waals surface area contributed by atoms with Gasteiger partial charge in [0.25, 0.3) is 0 Å². The van der Waals surface area contributed by atoms with Crippen molar-refractivity contribution in [2.24, 2.45) is 5.73 Å². The second-order valence-corrected chi connectivity index (χ2v) is 8.65. The topological polar surface area (TPSA) is 184 Å². The van der Waals surface area contributed by atoms with Crippen LogP contribution in [0, 0.1) is 0 Å². The minimum atomic E-state index is -0.434. The van der Waals surface area contributed by atoms with E-state index in [1.54, 1.807) is 0 Å². The Kier molecular flexibility index (Phi) is 23.3. The van der Waals surface area contributed by atoms with Crippen molar-refractivity contribution in [1.29, 1.82) is 0 Å². The van der Waals surface area contributed by atoms with Gasteiger partial charge in [-0.3, -0.25) is 19.2 Å². The standard InChI is InChI=1S/C25H46N4O9/c1-20(30)6-5-8-23(32)28-10-12-35-14-17-38-19-25(34)29-11-13-36-15-16-37-18-24(33)27-9-4-3-7-22(26)21(2)31/h22H,3-19,26H2,1-2H3,(H,27,33)(H,28,32)(H,29,34)/t22-/m0/s1. The van der Waals surface area contributed by atoms with E-state index in [1.165, 1.54) is 13.8 Å². The summed E-state index contributed by atoms with van der Waals surface area (Å²) in [4.78, 5) is 56.7. The van der Waals surface area contributed by atoms with Crippen LogP contribution in [0.2, 0.25) is 0 Å². The number of ether oxygens (including phenoxy) is 4. The summed E-state index contributed by atoms with van der Waals surface area (Å²) in [6.45, 7) is 5.71. The summed E-state index contributed by atoms with van der Waals surface area (Å²) >= 11 is 0. The van der Waals surface area contributed by atoms with Crippen LogP contribution < -0.4 is 21.7 Å². The minimum Gasteiger partial charge on any atom is -0.377 e. The average Bonchev–Trinajstić information content (AvgIpc) is 2.86. The van der Waals surface area contributed by atoms with Gasteiger partial charge in [-0.15, -0.1) is 0 Å². The third-order valence-corrected chi connectivity index (χ3v) is 5.07. The molecule has 0 aromatic heterocycles. The molecule has 0 fully saturated rings. The first-order chi connectivity index (χ1) is 18.2. The van der Waals surface area contributed by atoms with Gasteiger partial charge in [-0.1, -0.05) is 0 Å². The molecular weight excluding hydrogens is 500 g/mol. The zero-order valence-corrected chi connectivity index (χ0v) is 22.8. The SMILES string of the molecule is CC(=O)CCCC(=O)NCCOCCOCC(=O)NCCOCCOCC(=O)NCCCC[C@H](N)C(C)=O. The number of carbonyl (C=O) groups is 5. The number of amides is 3. The molecule has 3 amide bonds. The Morgan fingerprint density at radius 2 is 1.11 bits per heavy atom. The van der Waals surface area contributed by atoms with E-state index in [4.69, 9.17) is 24.7 Å². The molecule has 0 radical (unpaired) electrons. The number of ketones is 2. The zero-order valence-electron chi connectivity index (χ0n) is 22.8. The quantitative estimate of drug-likeness (QED) is 0.101. The van der Waals surface area contributed by atoms with Crippen LogP contribution in [0.15, 0.2) is 0 Å². The predicted octanol–water partition coefficient (Wildman–Crippen LogP) is -0.753. The second-order valence-electron chi connectivity index (χ2n) is 8.65. The highest BCUT2D eigenvalue weighted by Gasteiger charge is 2.07. The highest BCUT2D eigenvalue weighted by atomic mass is 16.5. The Morgan fingerprint density at radius 1 is 0.605 bits per heavy atom. The molecule has 0 heterocycles. The molecular formula is C25H46N4O9. The normalized spacial score (nSPS) is 11.6. The number of nitrogens with two attached hydrogens (primary N) is 1. The lowest BCUT2D eigenvalue weighted by atomic mass is 10.1. The molecule has 0 aliphatic heterocycles. The molecule has 1 atom stereocenters. The van der Waals surface area contributed by atoms with Crippen LogP contribution in [0.4, 0.5) is 0 Å². The van der Waals surface area contributed by atoms with Crippen molar-refractivity contribution in [2.45, 2.75) is 58.4 Å². The number of rotatable bonds is 26. The minimum absolute atomic E-state index is 0.0321. The van der Waals surface area contributed by atoms with Gasteiger partial charge in [-0.25, -0.2) is 0 Å². The molecule has 0 saturated carbocycles. The molecule has 13 nitrogen and oxygen atoms in total. The van der Waals surface area contributed by atoms with Gasteiger partial charge in [-0.2, -0.15) is 0 Å². The average molecular weight is 547 g/mol. The first kappa shape index (κ1) is 35.5. The van der Waals surface area contributed by atoms with Crippen molar-refractivity contribution in [3.05, 3.63) is 0 Å². The summed E-state index contributed by atoms with van der Waals surface area (Å²) < 4.78 is 21.1. The highest BCUT2D eigenvalue weighted by Crippen LogP contribution is 1.99. The summed E-state index contributed by atoms with van der Waals surface area (Å²) in [5.74, 6) is -0.568. The van der Waals surface area contributed by atoms with Crippen LogP contribution in [0.3, 0.4) is 0 Å². The Balaban J connectivity index is 3.38. The number of Topliss-reactive ketones (excluding diaryl/α,β-unsaturated/α-hetero) is 2. The fourth-order valence-corrected chi connectivity index (χ4v) is 2.90. The maximum atomic E-state index is 11.7. The molecule has 38 heavy (non-hydrogen) atoms. The number of hydrogen-bond acceptors (Lipinski definition) is 10. The Labute approximate surface area is 225 Å². The van der Waals surface area contributed by atoms with E-state index in [9.17, 15) is 24.0 Å². The van der Waals surface area contributed by atoms with E-state index in [0.29, 0.717) is 71.7 Å². The van der Waals surface area contributed by atoms with Crippen LogP contribution in [0.1, 0.15) is 52.4 Å². The molecule has 0 unspecified atom stereocenters. The third kappa shape index (κ3) is 25.2. The second kappa shape index (κ2) is 24.9. The molecule has 5 N–H and O–H groups in total. The van der Waals surface area contributed by atoms with Crippen molar-refractivity contribution in [2.75, 3.05) is 72.5 Å². The van der Waals surface area contributed by atoms with Crippen molar-refractivity contribution in [1.82, 2.24) is 16.0 Å². The first-order valence-corrected chi connectivity index (χ1v) is 13.1. The van der Waals surface area contributed by atoms with Crippen molar-refractivity contribution < 1.29 is 42.9 Å². The number of carbonyl (C=O) groups excluding carboxylic acids is 5. The Bertz CT molecular complexity index is 692. The largest absolute Gasteiger partial charge is 0.377 e. The van der Waals surface area contributed by atoms with Gasteiger partial charge in [0.1, 0.15) is 24.8 Å². The van der Waals surface area contributed by atoms with Crippen LogP contribution in [0.25, 0.3) is 0 Å². The lowest BCUT2D eigenvalue weighted by Gasteiger charge is -2.09. The van der Waals surface area contributed by atoms with Gasteiger partial charge < -0.3 is 45.4 Å². The van der Waals surface area contributed by atoms with Crippen LogP contribution in [0.5, 0.6) is 0 Å². The molecule has 0 saturated heterocycles. The van der Waals surface area contributed by atoms with Crippen LogP contribution in [-0.2, 0) is 42.9 Å². The Morgan fingerprint density at radius 3 is 1.63 bits per heavy atom. The molecule has 0 aliphatic carbocycles. The molecule has 0 spiro atoms. The van der Waals surface area contributed by atoms with Crippen molar-refractivity contribution in [3.8, 4) is 0 Å². The Hall–Kier alpha value is -2.45. The van der Waals surface area contributed by atoms with Gasteiger partial charge in [0, 0.05) is 32.5 Å². The van der Waals surface area contributed by atoms with Gasteiger partial charge in [0.05, 0.1) is 45.7 Å². The maximum Gasteiger partial charge on any atom is 0.246 e. The van der Waals surface area contributed by atoms with Crippen LogP contribution in [-0.4, -0.2) is 108 Å². The number of hydrogen-bond donors (Lipinski definition) is 4. The zero-order chi connectivity index (χ0) is 28.4. The number of unbranched alkanes of at least 4 members (excludes halogenated alkanes) is 1. The fraction of sp³-hybridized carbons (Fsp3) is 0.800. The van der Waals surface area contributed by atoms with Crippen molar-refractivity contribution in [3.63, 3.8) is 0 Å². The fourth-order valence-electron chi connectivity index (χ4n) is 2.90. The van der Waals surface area contributed by atoms with E-state index in [1.807, 2.05) is 0 Å². The van der Waals surface area contributed by atoms with Gasteiger partial charge in [-0.05, 0) is 39.5 Å². The summed E-state index contributed by atoms with van der Waals surface area (Å²) in [7, 11) is 0. The van der Waals surface area contributed by atoms with E-state index in [2.05, 4.69) is 16.0 Å². The van der Waals surface area contributed by atoms with Crippen molar-refractivity contribution >= 4 is 29.3 Å². The van der Waals surface area contributed by atoms with E-state index in [0.717, 1.165) is 12.8 Å². The molecule has 0 aliphatic rings. The molecule has 220 valence electrons. The molecule has 0 rings (SSSR count). The summed E-state index contributed by atoms with van der Waals surface area (Å²) in [6.07, 6.45) is 3.38. The van der Waals surface area contributed by atoms with E-state index >= 15 is 0 Å². The first-order valence-electron chi connectivity index (χ1n) is 13.1. The molecule has 13 heteroatoms. The summed E-state index contributed by atoms with van der Waals surface area (Å²) in [5.41, 5.74) is 5.65. The van der Waals surface area contributed by atoms with E-state index < -0.39 is 6.04 Å². The highest BCUT2D eigenvalue weighted by molar-refractivity contribution is 5.81. The smallest absolute Gasteiger partial charge is 0.246 e. The number of nitrogens with one attached hydrogen (secondary N) is 3. The van der Waals surface area contributed by atoms with Gasteiger partial charge in [0.2, 0.25) is 17.7 Å². The predicted molar refractivity (Wildman–Crippen MR) is 139 cm³/mol. The lowest BCUT2D eigenvalue weighted by molar-refractivity contribution is -0.127. The molecule has 0 aromatic carbocycles. The van der Waals surface area contributed by atoms with Crippen LogP contribution >= 0.6 is 0 Å². The maximum absolute atomic E-state index is 11.7.